The topological polar surface area (TPSA) is 54.3 Å². The second kappa shape index (κ2) is 9.06. The molecule has 1 fully saturated rings. The summed E-state index contributed by atoms with van der Waals surface area (Å²) in [5, 5.41) is 1.05. The molecule has 1 aliphatic heterocycles. The van der Waals surface area contributed by atoms with Gasteiger partial charge in [0.15, 0.2) is 5.65 Å². The van der Waals surface area contributed by atoms with Crippen LogP contribution in [-0.4, -0.2) is 51.5 Å². The predicted octanol–water partition coefficient (Wildman–Crippen LogP) is 4.84. The average molecular weight is 440 g/mol. The van der Waals surface area contributed by atoms with Crippen LogP contribution in [0.1, 0.15) is 25.3 Å². The van der Waals surface area contributed by atoms with Gasteiger partial charge in [0.1, 0.15) is 12.1 Å². The highest BCUT2D eigenvalue weighted by molar-refractivity contribution is 6.02. The maximum atomic E-state index is 12.4. The Morgan fingerprint density at radius 2 is 1.76 bits per heavy atom. The Labute approximate surface area is 194 Å². The van der Waals surface area contributed by atoms with Crippen LogP contribution in [0.2, 0.25) is 0 Å². The number of carbonyl (C=O) groups is 1. The van der Waals surface area contributed by atoms with Crippen molar-refractivity contribution < 1.29 is 4.79 Å². The highest BCUT2D eigenvalue weighted by atomic mass is 16.2. The third-order valence-electron chi connectivity index (χ3n) is 6.32. The average Bonchev–Trinajstić information content (AvgIpc) is 3.25. The van der Waals surface area contributed by atoms with Crippen LogP contribution < -0.4 is 4.90 Å². The molecule has 6 nitrogen and oxygen atoms in total. The summed E-state index contributed by atoms with van der Waals surface area (Å²) in [4.78, 5) is 26.1. The normalized spacial score (nSPS) is 14.1. The quantitative estimate of drug-likeness (QED) is 0.446. The number of piperazine rings is 1. The molecule has 1 saturated heterocycles. The van der Waals surface area contributed by atoms with Crippen molar-refractivity contribution in [1.29, 1.82) is 0 Å². The van der Waals surface area contributed by atoms with E-state index in [0.717, 1.165) is 66.3 Å². The fourth-order valence-electron chi connectivity index (χ4n) is 4.64. The third kappa shape index (κ3) is 4.09. The molecule has 0 radical (unpaired) electrons. The van der Waals surface area contributed by atoms with Crippen LogP contribution in [0.4, 0.5) is 5.82 Å². The Hall–Kier alpha value is -3.67. The van der Waals surface area contributed by atoms with Gasteiger partial charge in [-0.1, -0.05) is 49.4 Å². The Morgan fingerprint density at radius 1 is 0.970 bits per heavy atom. The van der Waals surface area contributed by atoms with Crippen LogP contribution in [0.5, 0.6) is 0 Å². The van der Waals surface area contributed by atoms with Gasteiger partial charge in [-0.15, -0.1) is 0 Å². The molecule has 0 atom stereocenters. The van der Waals surface area contributed by atoms with Crippen LogP contribution in [0, 0.1) is 6.92 Å². The van der Waals surface area contributed by atoms with Gasteiger partial charge in [-0.25, -0.2) is 9.97 Å². The molecule has 0 aliphatic carbocycles. The largest absolute Gasteiger partial charge is 0.352 e. The number of hydrogen-bond donors (Lipinski definition) is 0. The summed E-state index contributed by atoms with van der Waals surface area (Å²) in [7, 11) is 0. The number of carbonyl (C=O) groups excluding carboxylic acids is 1. The first-order chi connectivity index (χ1) is 16.2. The number of aryl methyl sites for hydroxylation is 1. The standard InChI is InChI=1S/C27H29N5O/c1-3-8-24(33)30-13-15-31(16-14-30)26-25-23(21-10-5-4-6-11-21)18-32(27(25)29-19-28-26)22-12-7-9-20(2)17-22/h4-7,9-12,17-19H,3,8,13-16H2,1-2H3. The fraction of sp³-hybridized carbons (Fsp3) is 0.296. The molecule has 168 valence electrons. The number of anilines is 1. The van der Waals surface area contributed by atoms with E-state index in [9.17, 15) is 4.79 Å². The molecule has 0 spiro atoms. The van der Waals surface area contributed by atoms with Crippen LogP contribution in [0.3, 0.4) is 0 Å². The minimum Gasteiger partial charge on any atom is -0.352 e. The molecule has 0 unspecified atom stereocenters. The Balaban J connectivity index is 1.60. The second-order valence-corrected chi connectivity index (χ2v) is 8.63. The van der Waals surface area contributed by atoms with E-state index < -0.39 is 0 Å². The molecule has 5 rings (SSSR count). The molecular weight excluding hydrogens is 410 g/mol. The van der Waals surface area contributed by atoms with Crippen molar-refractivity contribution in [3.05, 3.63) is 72.7 Å². The van der Waals surface area contributed by atoms with Gasteiger partial charge in [-0.2, -0.15) is 0 Å². The lowest BCUT2D eigenvalue weighted by molar-refractivity contribution is -0.131. The monoisotopic (exact) mass is 439 g/mol. The Kier molecular flexibility index (Phi) is 5.82. The Bertz CT molecular complexity index is 1270. The number of fused-ring (bicyclic) bond motifs is 1. The third-order valence-corrected chi connectivity index (χ3v) is 6.32. The van der Waals surface area contributed by atoms with Crippen LogP contribution in [0.25, 0.3) is 27.8 Å². The first-order valence-electron chi connectivity index (χ1n) is 11.7. The maximum absolute atomic E-state index is 12.4. The van der Waals surface area contributed by atoms with Gasteiger partial charge < -0.3 is 14.4 Å². The second-order valence-electron chi connectivity index (χ2n) is 8.63. The summed E-state index contributed by atoms with van der Waals surface area (Å²) in [6, 6.07) is 18.9. The molecule has 3 heterocycles. The molecule has 0 N–H and O–H groups in total. The van der Waals surface area contributed by atoms with Crippen molar-refractivity contribution in [2.75, 3.05) is 31.1 Å². The first-order valence-corrected chi connectivity index (χ1v) is 11.7. The molecule has 33 heavy (non-hydrogen) atoms. The van der Waals surface area contributed by atoms with Gasteiger partial charge in [0.2, 0.25) is 5.91 Å². The van der Waals surface area contributed by atoms with Crippen LogP contribution in [-0.2, 0) is 4.79 Å². The lowest BCUT2D eigenvalue weighted by Gasteiger charge is -2.35. The number of nitrogens with zero attached hydrogens (tertiary/aromatic N) is 5. The maximum Gasteiger partial charge on any atom is 0.222 e. The molecule has 0 saturated carbocycles. The van der Waals surface area contributed by atoms with Gasteiger partial charge in [-0.3, -0.25) is 4.79 Å². The fourth-order valence-corrected chi connectivity index (χ4v) is 4.64. The van der Waals surface area contributed by atoms with E-state index in [1.54, 1.807) is 6.33 Å². The minimum absolute atomic E-state index is 0.251. The highest BCUT2D eigenvalue weighted by Crippen LogP contribution is 2.37. The summed E-state index contributed by atoms with van der Waals surface area (Å²) in [5.74, 6) is 1.19. The molecule has 1 aliphatic rings. The van der Waals surface area contributed by atoms with Gasteiger partial charge in [-0.05, 0) is 36.6 Å². The molecule has 2 aromatic carbocycles. The molecular formula is C27H29N5O. The molecule has 4 aromatic rings. The van der Waals surface area contributed by atoms with E-state index in [2.05, 4.69) is 78.0 Å². The van der Waals surface area contributed by atoms with E-state index in [-0.39, 0.29) is 5.91 Å². The lowest BCUT2D eigenvalue weighted by atomic mass is 10.1. The van der Waals surface area contributed by atoms with Crippen LogP contribution >= 0.6 is 0 Å². The van der Waals surface area contributed by atoms with Crippen LogP contribution in [0.15, 0.2) is 67.1 Å². The van der Waals surface area contributed by atoms with E-state index in [0.29, 0.717) is 6.42 Å². The molecule has 0 bridgehead atoms. The summed E-state index contributed by atoms with van der Waals surface area (Å²) in [6.45, 7) is 7.15. The number of hydrogen-bond acceptors (Lipinski definition) is 4. The van der Waals surface area contributed by atoms with Gasteiger partial charge in [0.05, 0.1) is 5.39 Å². The molecule has 2 aromatic heterocycles. The summed E-state index contributed by atoms with van der Waals surface area (Å²) in [6.07, 6.45) is 5.34. The minimum atomic E-state index is 0.251. The van der Waals surface area contributed by atoms with Crippen molar-refractivity contribution in [2.24, 2.45) is 0 Å². The van der Waals surface area contributed by atoms with Gasteiger partial charge >= 0.3 is 0 Å². The van der Waals surface area contributed by atoms with E-state index in [1.165, 1.54) is 5.56 Å². The zero-order valence-corrected chi connectivity index (χ0v) is 19.2. The number of aromatic nitrogens is 3. The lowest BCUT2D eigenvalue weighted by Crippen LogP contribution is -2.49. The van der Waals surface area contributed by atoms with Crippen molar-refractivity contribution >= 4 is 22.8 Å². The summed E-state index contributed by atoms with van der Waals surface area (Å²) < 4.78 is 2.16. The van der Waals surface area contributed by atoms with Crippen molar-refractivity contribution in [1.82, 2.24) is 19.4 Å². The number of benzene rings is 2. The zero-order chi connectivity index (χ0) is 22.8. The van der Waals surface area contributed by atoms with Crippen molar-refractivity contribution in [3.63, 3.8) is 0 Å². The number of amides is 1. The van der Waals surface area contributed by atoms with Gasteiger partial charge in [0.25, 0.3) is 0 Å². The van der Waals surface area contributed by atoms with E-state index >= 15 is 0 Å². The van der Waals surface area contributed by atoms with E-state index in [4.69, 9.17) is 9.97 Å². The predicted molar refractivity (Wildman–Crippen MR) is 133 cm³/mol. The van der Waals surface area contributed by atoms with Gasteiger partial charge in [0, 0.05) is 50.0 Å². The SMILES string of the molecule is CCCC(=O)N1CCN(c2ncnc3c2c(-c2ccccc2)cn3-c2cccc(C)c2)CC1. The Morgan fingerprint density at radius 3 is 2.48 bits per heavy atom. The molecule has 6 heteroatoms. The van der Waals surface area contributed by atoms with Crippen molar-refractivity contribution in [2.45, 2.75) is 26.7 Å². The van der Waals surface area contributed by atoms with E-state index in [1.807, 2.05) is 11.0 Å². The molecule has 1 amide bonds. The summed E-state index contributed by atoms with van der Waals surface area (Å²) in [5.41, 5.74) is 5.45. The highest BCUT2D eigenvalue weighted by Gasteiger charge is 2.25. The first kappa shape index (κ1) is 21.2. The summed E-state index contributed by atoms with van der Waals surface area (Å²) >= 11 is 0. The smallest absolute Gasteiger partial charge is 0.222 e. The number of rotatable bonds is 5. The van der Waals surface area contributed by atoms with Crippen molar-refractivity contribution in [3.8, 4) is 16.8 Å². The zero-order valence-electron chi connectivity index (χ0n) is 19.2.